The van der Waals surface area contributed by atoms with Gasteiger partial charge in [-0.3, -0.25) is 9.59 Å². The van der Waals surface area contributed by atoms with Gasteiger partial charge in [0.25, 0.3) is 0 Å². The molecule has 0 saturated carbocycles. The minimum Gasteiger partial charge on any atom is -0.481 e. The Morgan fingerprint density at radius 2 is 2.06 bits per heavy atom. The van der Waals surface area contributed by atoms with Gasteiger partial charge >= 0.3 is 5.97 Å². The van der Waals surface area contributed by atoms with Crippen LogP contribution in [0.1, 0.15) is 30.7 Å². The third kappa shape index (κ3) is 4.36. The van der Waals surface area contributed by atoms with E-state index in [9.17, 15) is 19.1 Å². The SMILES string of the molecule is CC(C)(CNCC(=O)N1CCc2c(n(Cc3cccc(F)c3)c3ncccc23)C1)C(=O)O. The number of carbonyl (C=O) groups excluding carboxylic acids is 1. The molecular weight excluding hydrogens is 411 g/mol. The highest BCUT2D eigenvalue weighted by molar-refractivity contribution is 5.84. The van der Waals surface area contributed by atoms with Crippen LogP contribution in [0.15, 0.2) is 42.6 Å². The molecule has 0 fully saturated rings. The van der Waals surface area contributed by atoms with Gasteiger partial charge in [-0.2, -0.15) is 0 Å². The number of hydrogen-bond acceptors (Lipinski definition) is 4. The predicted octanol–water partition coefficient (Wildman–Crippen LogP) is 2.81. The number of carbonyl (C=O) groups is 2. The van der Waals surface area contributed by atoms with Crippen LogP contribution in [0.5, 0.6) is 0 Å². The summed E-state index contributed by atoms with van der Waals surface area (Å²) in [5.74, 6) is -1.27. The Labute approximate surface area is 185 Å². The molecule has 0 saturated heterocycles. The minimum atomic E-state index is -0.946. The molecule has 2 N–H and O–H groups in total. The van der Waals surface area contributed by atoms with Crippen LogP contribution in [-0.2, 0) is 29.1 Å². The van der Waals surface area contributed by atoms with Crippen molar-refractivity contribution in [3.05, 3.63) is 65.2 Å². The number of aliphatic carboxylic acids is 1. The number of amides is 1. The summed E-state index contributed by atoms with van der Waals surface area (Å²) in [6.07, 6.45) is 2.45. The van der Waals surface area contributed by atoms with Crippen LogP contribution in [0.25, 0.3) is 11.0 Å². The van der Waals surface area contributed by atoms with Crippen LogP contribution in [0.4, 0.5) is 4.39 Å². The highest BCUT2D eigenvalue weighted by Crippen LogP contribution is 2.30. The lowest BCUT2D eigenvalue weighted by Crippen LogP contribution is -2.44. The van der Waals surface area contributed by atoms with Gasteiger partial charge in [0, 0.05) is 36.9 Å². The highest BCUT2D eigenvalue weighted by atomic mass is 19.1. The van der Waals surface area contributed by atoms with Gasteiger partial charge < -0.3 is 19.9 Å². The fourth-order valence-corrected chi connectivity index (χ4v) is 4.13. The van der Waals surface area contributed by atoms with E-state index in [0.717, 1.165) is 22.3 Å². The summed E-state index contributed by atoms with van der Waals surface area (Å²) >= 11 is 0. The fourth-order valence-electron chi connectivity index (χ4n) is 4.13. The molecule has 0 unspecified atom stereocenters. The van der Waals surface area contributed by atoms with E-state index in [1.54, 1.807) is 31.0 Å². The number of carboxylic acids is 1. The molecule has 0 aliphatic carbocycles. The molecule has 7 nitrogen and oxygen atoms in total. The summed E-state index contributed by atoms with van der Waals surface area (Å²) in [5.41, 5.74) is 2.90. The van der Waals surface area contributed by atoms with E-state index < -0.39 is 11.4 Å². The number of pyridine rings is 1. The Bertz CT molecular complexity index is 1170. The molecule has 1 aliphatic heterocycles. The van der Waals surface area contributed by atoms with Gasteiger partial charge in [-0.15, -0.1) is 0 Å². The van der Waals surface area contributed by atoms with Crippen LogP contribution < -0.4 is 5.32 Å². The van der Waals surface area contributed by atoms with Gasteiger partial charge in [0.2, 0.25) is 5.91 Å². The zero-order chi connectivity index (χ0) is 22.9. The number of halogens is 1. The average Bonchev–Trinajstić information content (AvgIpc) is 3.06. The monoisotopic (exact) mass is 438 g/mol. The van der Waals surface area contributed by atoms with Crippen LogP contribution in [-0.4, -0.2) is 51.1 Å². The molecule has 3 aromatic rings. The van der Waals surface area contributed by atoms with E-state index in [0.29, 0.717) is 26.1 Å². The van der Waals surface area contributed by atoms with Crippen LogP contribution in [0.2, 0.25) is 0 Å². The standard InChI is InChI=1S/C24H27FN4O3/c1-24(2,23(31)32)15-26-12-21(30)28-10-8-18-19-7-4-9-27-22(19)29(20(18)14-28)13-16-5-3-6-17(25)11-16/h3-7,9,11,26H,8,10,12-15H2,1-2H3,(H,31,32). The second-order valence-electron chi connectivity index (χ2n) is 8.87. The number of fused-ring (bicyclic) bond motifs is 3. The number of nitrogens with one attached hydrogen (secondary N) is 1. The second-order valence-corrected chi connectivity index (χ2v) is 8.87. The van der Waals surface area contributed by atoms with E-state index in [4.69, 9.17) is 0 Å². The number of aromatic nitrogens is 2. The third-order valence-corrected chi connectivity index (χ3v) is 6.02. The number of hydrogen-bond donors (Lipinski definition) is 2. The summed E-state index contributed by atoms with van der Waals surface area (Å²) in [7, 11) is 0. The number of carboxylic acid groups (broad SMARTS) is 1. The van der Waals surface area contributed by atoms with Crippen molar-refractivity contribution in [3.63, 3.8) is 0 Å². The van der Waals surface area contributed by atoms with Gasteiger partial charge in [0.15, 0.2) is 0 Å². The normalized spacial score (nSPS) is 13.9. The van der Waals surface area contributed by atoms with E-state index >= 15 is 0 Å². The summed E-state index contributed by atoms with van der Waals surface area (Å²) < 4.78 is 15.8. The lowest BCUT2D eigenvalue weighted by Gasteiger charge is -2.29. The van der Waals surface area contributed by atoms with Gasteiger partial charge in [-0.1, -0.05) is 12.1 Å². The topological polar surface area (TPSA) is 87.5 Å². The summed E-state index contributed by atoms with van der Waals surface area (Å²) in [6, 6.07) is 10.4. The number of rotatable bonds is 7. The van der Waals surface area contributed by atoms with Crippen LogP contribution >= 0.6 is 0 Å². The van der Waals surface area contributed by atoms with Crippen molar-refractivity contribution < 1.29 is 19.1 Å². The van der Waals surface area contributed by atoms with Gasteiger partial charge in [0.1, 0.15) is 11.5 Å². The summed E-state index contributed by atoms with van der Waals surface area (Å²) in [4.78, 5) is 30.4. The van der Waals surface area contributed by atoms with Crippen molar-refractivity contribution in [2.75, 3.05) is 19.6 Å². The average molecular weight is 439 g/mol. The largest absolute Gasteiger partial charge is 0.481 e. The van der Waals surface area contributed by atoms with E-state index in [1.165, 1.54) is 17.7 Å². The minimum absolute atomic E-state index is 0.0765. The molecular formula is C24H27FN4O3. The quantitative estimate of drug-likeness (QED) is 0.592. The van der Waals surface area contributed by atoms with E-state index in [1.807, 2.05) is 18.2 Å². The first kappa shape index (κ1) is 22.0. The molecule has 0 radical (unpaired) electrons. The molecule has 1 aromatic carbocycles. The smallest absolute Gasteiger partial charge is 0.310 e. The van der Waals surface area contributed by atoms with Gasteiger partial charge in [-0.25, -0.2) is 9.37 Å². The van der Waals surface area contributed by atoms with Crippen molar-refractivity contribution >= 4 is 22.9 Å². The fraction of sp³-hybridized carbons (Fsp3) is 0.375. The first-order valence-corrected chi connectivity index (χ1v) is 10.7. The third-order valence-electron chi connectivity index (χ3n) is 6.02. The molecule has 0 spiro atoms. The molecule has 4 rings (SSSR count). The maximum absolute atomic E-state index is 13.7. The Hall–Kier alpha value is -3.26. The predicted molar refractivity (Wildman–Crippen MR) is 119 cm³/mol. The van der Waals surface area contributed by atoms with Crippen molar-refractivity contribution in [2.24, 2.45) is 5.41 Å². The molecule has 1 amide bonds. The molecule has 168 valence electrons. The molecule has 0 bridgehead atoms. The number of benzene rings is 1. The Morgan fingerprint density at radius 3 is 2.81 bits per heavy atom. The molecule has 0 atom stereocenters. The molecule has 8 heteroatoms. The number of nitrogens with zero attached hydrogens (tertiary/aromatic N) is 3. The van der Waals surface area contributed by atoms with Crippen molar-refractivity contribution in [1.82, 2.24) is 19.8 Å². The van der Waals surface area contributed by atoms with E-state index in [2.05, 4.69) is 14.9 Å². The second kappa shape index (κ2) is 8.70. The van der Waals surface area contributed by atoms with Crippen molar-refractivity contribution in [3.8, 4) is 0 Å². The molecule has 1 aliphatic rings. The van der Waals surface area contributed by atoms with E-state index in [-0.39, 0.29) is 24.8 Å². The Balaban J connectivity index is 1.55. The first-order valence-electron chi connectivity index (χ1n) is 10.7. The Morgan fingerprint density at radius 1 is 1.25 bits per heavy atom. The van der Waals surface area contributed by atoms with Crippen LogP contribution in [0, 0.1) is 11.2 Å². The van der Waals surface area contributed by atoms with Crippen molar-refractivity contribution in [1.29, 1.82) is 0 Å². The van der Waals surface area contributed by atoms with Crippen molar-refractivity contribution in [2.45, 2.75) is 33.4 Å². The molecule has 32 heavy (non-hydrogen) atoms. The maximum atomic E-state index is 13.7. The first-order chi connectivity index (χ1) is 15.3. The Kier molecular flexibility index (Phi) is 5.97. The molecule has 3 heterocycles. The summed E-state index contributed by atoms with van der Waals surface area (Å²) in [6.45, 7) is 5.02. The van der Waals surface area contributed by atoms with Crippen LogP contribution in [0.3, 0.4) is 0 Å². The molecule has 2 aromatic heterocycles. The van der Waals surface area contributed by atoms with Gasteiger partial charge in [-0.05, 0) is 55.7 Å². The lowest BCUT2D eigenvalue weighted by atomic mass is 9.94. The lowest BCUT2D eigenvalue weighted by molar-refractivity contribution is -0.147. The zero-order valence-corrected chi connectivity index (χ0v) is 18.3. The van der Waals surface area contributed by atoms with Gasteiger partial charge in [0.05, 0.1) is 18.5 Å². The zero-order valence-electron chi connectivity index (χ0n) is 18.3. The maximum Gasteiger partial charge on any atom is 0.310 e. The summed E-state index contributed by atoms with van der Waals surface area (Å²) in [5, 5.41) is 13.3. The highest BCUT2D eigenvalue weighted by Gasteiger charge is 2.29.